The molecule has 0 aromatic rings. The Kier molecular flexibility index (Phi) is 10.6. The number of carbonyl (C=O) groups is 1. The van der Waals surface area contributed by atoms with E-state index in [9.17, 15) is 9.90 Å². The number of rotatable bonds is 11. The Hall–Kier alpha value is -0.910. The number of esters is 1. The van der Waals surface area contributed by atoms with Crippen LogP contribution in [0, 0.1) is 0 Å². The summed E-state index contributed by atoms with van der Waals surface area (Å²) in [6, 6.07) is 0. The molecule has 0 spiro atoms. The minimum Gasteiger partial charge on any atom is -0.460 e. The van der Waals surface area contributed by atoms with Crippen molar-refractivity contribution in [1.82, 2.24) is 0 Å². The van der Waals surface area contributed by atoms with Gasteiger partial charge in [0, 0.05) is 12.2 Å². The van der Waals surface area contributed by atoms with Crippen LogP contribution in [0.1, 0.15) is 26.7 Å². The number of unbranched alkanes of at least 4 members (excludes halogenated alkanes) is 1. The summed E-state index contributed by atoms with van der Waals surface area (Å²) in [5.41, 5.74) is 0.361. The Bertz CT molecular complexity index is 240. The third-order valence-corrected chi connectivity index (χ3v) is 2.07. The summed E-state index contributed by atoms with van der Waals surface area (Å²) in [6.45, 7) is 8.64. The zero-order chi connectivity index (χ0) is 13.8. The van der Waals surface area contributed by atoms with E-state index in [2.05, 4.69) is 13.5 Å². The molecule has 0 radical (unpaired) electrons. The lowest BCUT2D eigenvalue weighted by molar-refractivity contribution is -0.140. The molecule has 0 rings (SSSR count). The minimum atomic E-state index is -0.640. The van der Waals surface area contributed by atoms with Crippen LogP contribution in [0.25, 0.3) is 0 Å². The van der Waals surface area contributed by atoms with Crippen LogP contribution in [-0.2, 0) is 19.0 Å². The molecule has 18 heavy (non-hydrogen) atoms. The number of ether oxygens (including phenoxy) is 3. The lowest BCUT2D eigenvalue weighted by Gasteiger charge is -2.11. The topological polar surface area (TPSA) is 65.0 Å². The van der Waals surface area contributed by atoms with Gasteiger partial charge in [0.15, 0.2) is 0 Å². The second-order valence-electron chi connectivity index (χ2n) is 4.07. The summed E-state index contributed by atoms with van der Waals surface area (Å²) in [5, 5.41) is 9.47. The molecule has 0 aliphatic heterocycles. The molecule has 0 bridgehead atoms. The van der Waals surface area contributed by atoms with Crippen LogP contribution < -0.4 is 0 Å². The van der Waals surface area contributed by atoms with Crippen molar-refractivity contribution in [1.29, 1.82) is 0 Å². The lowest BCUT2D eigenvalue weighted by atomic mass is 10.3. The van der Waals surface area contributed by atoms with Crippen molar-refractivity contribution in [3.63, 3.8) is 0 Å². The Morgan fingerprint density at radius 3 is 2.39 bits per heavy atom. The third kappa shape index (κ3) is 10.3. The van der Waals surface area contributed by atoms with E-state index in [1.165, 1.54) is 0 Å². The van der Waals surface area contributed by atoms with E-state index < -0.39 is 12.1 Å². The summed E-state index contributed by atoms with van der Waals surface area (Å²) in [6.07, 6.45) is 1.42. The van der Waals surface area contributed by atoms with Gasteiger partial charge in [-0.15, -0.1) is 0 Å². The van der Waals surface area contributed by atoms with E-state index in [0.29, 0.717) is 12.2 Å². The molecule has 0 saturated heterocycles. The van der Waals surface area contributed by atoms with Crippen molar-refractivity contribution in [2.45, 2.75) is 32.8 Å². The Morgan fingerprint density at radius 1 is 1.22 bits per heavy atom. The summed E-state index contributed by atoms with van der Waals surface area (Å²) in [7, 11) is 0. The van der Waals surface area contributed by atoms with Crippen molar-refractivity contribution in [2.75, 3.05) is 33.0 Å². The summed E-state index contributed by atoms with van der Waals surface area (Å²) in [4.78, 5) is 11.0. The van der Waals surface area contributed by atoms with Crippen LogP contribution >= 0.6 is 0 Å². The molecule has 0 amide bonds. The molecule has 5 nitrogen and oxygen atoms in total. The molecule has 1 atom stereocenters. The highest BCUT2D eigenvalue weighted by atomic mass is 16.6. The van der Waals surface area contributed by atoms with Crippen molar-refractivity contribution in [3.8, 4) is 0 Å². The molecule has 1 unspecified atom stereocenters. The smallest absolute Gasteiger partial charge is 0.333 e. The van der Waals surface area contributed by atoms with Gasteiger partial charge in [-0.05, 0) is 13.3 Å². The predicted octanol–water partition coefficient (Wildman–Crippen LogP) is 1.30. The molecule has 106 valence electrons. The first-order chi connectivity index (χ1) is 8.57. The normalized spacial score (nSPS) is 12.2. The minimum absolute atomic E-state index is 0.162. The zero-order valence-corrected chi connectivity index (χ0v) is 11.3. The van der Waals surface area contributed by atoms with Gasteiger partial charge in [0.2, 0.25) is 0 Å². The first kappa shape index (κ1) is 17.1. The molecule has 0 aromatic carbocycles. The highest BCUT2D eigenvalue weighted by Crippen LogP contribution is 1.94. The highest BCUT2D eigenvalue weighted by molar-refractivity contribution is 5.86. The quantitative estimate of drug-likeness (QED) is 0.344. The predicted molar refractivity (Wildman–Crippen MR) is 68.3 cm³/mol. The molecule has 1 N–H and O–H groups in total. The molecular formula is C13H24O5. The number of aliphatic hydroxyl groups excluding tert-OH is 1. The van der Waals surface area contributed by atoms with Crippen molar-refractivity contribution < 1.29 is 24.1 Å². The van der Waals surface area contributed by atoms with Crippen molar-refractivity contribution >= 4 is 5.97 Å². The average molecular weight is 260 g/mol. The molecular weight excluding hydrogens is 236 g/mol. The maximum Gasteiger partial charge on any atom is 0.333 e. The zero-order valence-electron chi connectivity index (χ0n) is 11.3. The van der Waals surface area contributed by atoms with Gasteiger partial charge in [-0.1, -0.05) is 19.9 Å². The molecule has 0 aliphatic rings. The lowest BCUT2D eigenvalue weighted by Crippen LogP contribution is -2.23. The largest absolute Gasteiger partial charge is 0.460 e. The van der Waals surface area contributed by atoms with Gasteiger partial charge in [0.1, 0.15) is 12.7 Å². The summed E-state index contributed by atoms with van der Waals surface area (Å²) >= 11 is 0. The van der Waals surface area contributed by atoms with Crippen LogP contribution in [0.5, 0.6) is 0 Å². The van der Waals surface area contributed by atoms with E-state index in [-0.39, 0.29) is 26.4 Å². The Labute approximate surface area is 109 Å². The highest BCUT2D eigenvalue weighted by Gasteiger charge is 2.05. The van der Waals surface area contributed by atoms with E-state index in [1.807, 2.05) is 0 Å². The summed E-state index contributed by atoms with van der Waals surface area (Å²) in [5.74, 6) is -0.429. The molecule has 0 aliphatic carbocycles. The maximum atomic E-state index is 11.0. The molecule has 0 heterocycles. The Morgan fingerprint density at radius 2 is 1.83 bits per heavy atom. The SMILES string of the molecule is C=C(C)C(=O)OCCOCC(O)COCCCC. The second-order valence-corrected chi connectivity index (χ2v) is 4.07. The van der Waals surface area contributed by atoms with E-state index in [4.69, 9.17) is 14.2 Å². The standard InChI is InChI=1S/C13H24O5/c1-4-5-6-16-9-12(14)10-17-7-8-18-13(15)11(2)3/h12,14H,2,4-10H2,1,3H3. The second kappa shape index (κ2) is 11.2. The van der Waals surface area contributed by atoms with Gasteiger partial charge >= 0.3 is 5.97 Å². The van der Waals surface area contributed by atoms with Crippen LogP contribution in [0.4, 0.5) is 0 Å². The molecule has 5 heteroatoms. The van der Waals surface area contributed by atoms with Crippen molar-refractivity contribution in [2.24, 2.45) is 0 Å². The van der Waals surface area contributed by atoms with Crippen LogP contribution in [0.3, 0.4) is 0 Å². The molecule has 0 aromatic heterocycles. The van der Waals surface area contributed by atoms with Gasteiger partial charge in [0.05, 0.1) is 19.8 Å². The number of carbonyl (C=O) groups excluding carboxylic acids is 1. The average Bonchev–Trinajstić information content (AvgIpc) is 2.33. The van der Waals surface area contributed by atoms with Gasteiger partial charge in [-0.3, -0.25) is 0 Å². The van der Waals surface area contributed by atoms with Crippen LogP contribution in [0.15, 0.2) is 12.2 Å². The van der Waals surface area contributed by atoms with Crippen molar-refractivity contribution in [3.05, 3.63) is 12.2 Å². The van der Waals surface area contributed by atoms with Gasteiger partial charge in [-0.25, -0.2) is 4.79 Å². The number of hydrogen-bond acceptors (Lipinski definition) is 5. The Balaban J connectivity index is 3.32. The van der Waals surface area contributed by atoms with E-state index in [0.717, 1.165) is 12.8 Å². The number of hydrogen-bond donors (Lipinski definition) is 1. The van der Waals surface area contributed by atoms with Crippen LogP contribution in [-0.4, -0.2) is 50.2 Å². The van der Waals surface area contributed by atoms with E-state index in [1.54, 1.807) is 6.92 Å². The fourth-order valence-electron chi connectivity index (χ4n) is 1.05. The van der Waals surface area contributed by atoms with Gasteiger partial charge in [0.25, 0.3) is 0 Å². The first-order valence-corrected chi connectivity index (χ1v) is 6.24. The summed E-state index contributed by atoms with van der Waals surface area (Å²) < 4.78 is 15.2. The fraction of sp³-hybridized carbons (Fsp3) is 0.769. The monoisotopic (exact) mass is 260 g/mol. The maximum absolute atomic E-state index is 11.0. The molecule has 0 saturated carbocycles. The first-order valence-electron chi connectivity index (χ1n) is 6.24. The van der Waals surface area contributed by atoms with Gasteiger partial charge in [-0.2, -0.15) is 0 Å². The van der Waals surface area contributed by atoms with Gasteiger partial charge < -0.3 is 19.3 Å². The molecule has 0 fully saturated rings. The van der Waals surface area contributed by atoms with E-state index >= 15 is 0 Å². The number of aliphatic hydroxyl groups is 1. The third-order valence-electron chi connectivity index (χ3n) is 2.07. The fourth-order valence-corrected chi connectivity index (χ4v) is 1.05. The van der Waals surface area contributed by atoms with Crippen LogP contribution in [0.2, 0.25) is 0 Å².